The minimum absolute atomic E-state index is 0.819. The molecule has 0 bridgehead atoms. The summed E-state index contributed by atoms with van der Waals surface area (Å²) in [5, 5.41) is 6.69. The Labute approximate surface area is 141 Å². The first-order chi connectivity index (χ1) is 11.2. The summed E-state index contributed by atoms with van der Waals surface area (Å²) >= 11 is 0. The van der Waals surface area contributed by atoms with Crippen LogP contribution in [-0.2, 0) is 6.42 Å². The van der Waals surface area contributed by atoms with Crippen molar-refractivity contribution in [3.63, 3.8) is 0 Å². The van der Waals surface area contributed by atoms with Crippen LogP contribution in [0.5, 0.6) is 5.75 Å². The molecule has 0 spiro atoms. The van der Waals surface area contributed by atoms with Crippen LogP contribution in [0.4, 0.5) is 0 Å². The highest BCUT2D eigenvalue weighted by molar-refractivity contribution is 5.79. The third-order valence-electron chi connectivity index (χ3n) is 3.79. The van der Waals surface area contributed by atoms with Crippen molar-refractivity contribution in [2.45, 2.75) is 27.2 Å². The lowest BCUT2D eigenvalue weighted by Crippen LogP contribution is -2.39. The zero-order valence-electron chi connectivity index (χ0n) is 15.1. The normalized spacial score (nSPS) is 11.6. The Morgan fingerprint density at radius 3 is 2.35 bits per heavy atom. The predicted molar refractivity (Wildman–Crippen MR) is 98.5 cm³/mol. The molecule has 5 heteroatoms. The van der Waals surface area contributed by atoms with Crippen molar-refractivity contribution in [3.8, 4) is 5.75 Å². The summed E-state index contributed by atoms with van der Waals surface area (Å²) in [6, 6.07) is 8.20. The summed E-state index contributed by atoms with van der Waals surface area (Å²) in [7, 11) is 1.69. The first kappa shape index (κ1) is 19.3. The first-order valence-electron chi connectivity index (χ1n) is 8.60. The van der Waals surface area contributed by atoms with E-state index in [1.807, 2.05) is 12.1 Å². The van der Waals surface area contributed by atoms with Crippen molar-refractivity contribution in [3.05, 3.63) is 29.8 Å². The van der Waals surface area contributed by atoms with Gasteiger partial charge in [0.05, 0.1) is 13.7 Å². The largest absolute Gasteiger partial charge is 0.497 e. The van der Waals surface area contributed by atoms with E-state index in [1.54, 1.807) is 7.11 Å². The molecule has 0 amide bonds. The van der Waals surface area contributed by atoms with Gasteiger partial charge in [-0.3, -0.25) is 4.99 Å². The van der Waals surface area contributed by atoms with Crippen LogP contribution in [0.1, 0.15) is 26.3 Å². The minimum Gasteiger partial charge on any atom is -0.497 e. The second kappa shape index (κ2) is 11.8. The number of hydrogen-bond acceptors (Lipinski definition) is 3. The SMILES string of the molecule is CCNC(=NCCN(CC)CC)NCCc1ccc(OC)cc1. The summed E-state index contributed by atoms with van der Waals surface area (Å²) in [5.74, 6) is 1.79. The van der Waals surface area contributed by atoms with Crippen molar-refractivity contribution >= 4 is 5.96 Å². The molecule has 0 aliphatic heterocycles. The van der Waals surface area contributed by atoms with Gasteiger partial charge in [-0.05, 0) is 44.1 Å². The molecule has 1 aromatic rings. The maximum absolute atomic E-state index is 5.18. The average molecular weight is 320 g/mol. The molecule has 130 valence electrons. The molecule has 0 atom stereocenters. The molecule has 0 saturated heterocycles. The Hall–Kier alpha value is -1.75. The molecular weight excluding hydrogens is 288 g/mol. The Morgan fingerprint density at radius 1 is 1.09 bits per heavy atom. The molecule has 1 rings (SSSR count). The number of likely N-dealkylation sites (N-methyl/N-ethyl adjacent to an activating group) is 1. The second-order valence-corrected chi connectivity index (χ2v) is 5.31. The van der Waals surface area contributed by atoms with Crippen LogP contribution in [0.15, 0.2) is 29.3 Å². The number of benzene rings is 1. The molecule has 0 fully saturated rings. The highest BCUT2D eigenvalue weighted by Gasteiger charge is 2.00. The molecule has 0 aromatic heterocycles. The van der Waals surface area contributed by atoms with Crippen molar-refractivity contribution in [2.24, 2.45) is 4.99 Å². The molecule has 0 aliphatic rings. The monoisotopic (exact) mass is 320 g/mol. The molecule has 0 saturated carbocycles. The van der Waals surface area contributed by atoms with Crippen molar-refractivity contribution in [1.29, 1.82) is 0 Å². The van der Waals surface area contributed by atoms with E-state index in [9.17, 15) is 0 Å². The lowest BCUT2D eigenvalue weighted by Gasteiger charge is -2.17. The molecule has 0 unspecified atom stereocenters. The highest BCUT2D eigenvalue weighted by atomic mass is 16.5. The van der Waals surface area contributed by atoms with Crippen LogP contribution in [0, 0.1) is 0 Å². The van der Waals surface area contributed by atoms with Crippen LogP contribution in [-0.4, -0.2) is 57.2 Å². The van der Waals surface area contributed by atoms with E-state index in [0.717, 1.165) is 57.4 Å². The van der Waals surface area contributed by atoms with Gasteiger partial charge >= 0.3 is 0 Å². The number of ether oxygens (including phenoxy) is 1. The Morgan fingerprint density at radius 2 is 1.78 bits per heavy atom. The molecule has 1 aromatic carbocycles. The quantitative estimate of drug-likeness (QED) is 0.512. The Bertz CT molecular complexity index is 441. The van der Waals surface area contributed by atoms with Crippen molar-refractivity contribution in [2.75, 3.05) is 46.4 Å². The zero-order chi connectivity index (χ0) is 16.9. The van der Waals surface area contributed by atoms with Gasteiger partial charge in [0.25, 0.3) is 0 Å². The summed E-state index contributed by atoms with van der Waals surface area (Å²) in [6.45, 7) is 12.2. The minimum atomic E-state index is 0.819. The molecular formula is C18H32N4O. The lowest BCUT2D eigenvalue weighted by molar-refractivity contribution is 0.313. The molecule has 0 heterocycles. The van der Waals surface area contributed by atoms with Gasteiger partial charge in [0.15, 0.2) is 5.96 Å². The van der Waals surface area contributed by atoms with E-state index in [4.69, 9.17) is 4.74 Å². The van der Waals surface area contributed by atoms with Crippen LogP contribution in [0.25, 0.3) is 0 Å². The fraction of sp³-hybridized carbons (Fsp3) is 0.611. The fourth-order valence-electron chi connectivity index (χ4n) is 2.30. The van der Waals surface area contributed by atoms with Gasteiger partial charge in [-0.2, -0.15) is 0 Å². The summed E-state index contributed by atoms with van der Waals surface area (Å²) in [5.41, 5.74) is 1.29. The Kier molecular flexibility index (Phi) is 9.87. The molecule has 0 radical (unpaired) electrons. The predicted octanol–water partition coefficient (Wildman–Crippen LogP) is 2.13. The van der Waals surface area contributed by atoms with E-state index < -0.39 is 0 Å². The van der Waals surface area contributed by atoms with Gasteiger partial charge in [0.2, 0.25) is 0 Å². The third-order valence-corrected chi connectivity index (χ3v) is 3.79. The first-order valence-corrected chi connectivity index (χ1v) is 8.60. The summed E-state index contributed by atoms with van der Waals surface area (Å²) < 4.78 is 5.18. The van der Waals surface area contributed by atoms with Crippen LogP contribution in [0.2, 0.25) is 0 Å². The smallest absolute Gasteiger partial charge is 0.191 e. The maximum Gasteiger partial charge on any atom is 0.191 e. The number of methoxy groups -OCH3 is 1. The number of nitrogens with zero attached hydrogens (tertiary/aromatic N) is 2. The van der Waals surface area contributed by atoms with Gasteiger partial charge in [0.1, 0.15) is 5.75 Å². The lowest BCUT2D eigenvalue weighted by atomic mass is 10.1. The van der Waals surface area contributed by atoms with E-state index in [0.29, 0.717) is 0 Å². The van der Waals surface area contributed by atoms with Crippen LogP contribution >= 0.6 is 0 Å². The average Bonchev–Trinajstić information content (AvgIpc) is 2.59. The number of hydrogen-bond donors (Lipinski definition) is 2. The molecule has 2 N–H and O–H groups in total. The fourth-order valence-corrected chi connectivity index (χ4v) is 2.30. The molecule has 0 aliphatic carbocycles. The van der Waals surface area contributed by atoms with E-state index in [1.165, 1.54) is 5.56 Å². The van der Waals surface area contributed by atoms with E-state index >= 15 is 0 Å². The summed E-state index contributed by atoms with van der Waals surface area (Å²) in [6.07, 6.45) is 0.963. The van der Waals surface area contributed by atoms with Gasteiger partial charge in [-0.15, -0.1) is 0 Å². The van der Waals surface area contributed by atoms with Gasteiger partial charge in [0, 0.05) is 19.6 Å². The molecule has 23 heavy (non-hydrogen) atoms. The number of rotatable bonds is 10. The number of nitrogens with one attached hydrogen (secondary N) is 2. The van der Waals surface area contributed by atoms with Gasteiger partial charge in [-0.25, -0.2) is 0 Å². The topological polar surface area (TPSA) is 48.9 Å². The second-order valence-electron chi connectivity index (χ2n) is 5.31. The standard InChI is InChI=1S/C18H32N4O/c1-5-19-18(21-14-15-22(6-2)7-3)20-13-12-16-8-10-17(23-4)11-9-16/h8-11H,5-7,12-15H2,1-4H3,(H2,19,20,21). The molecule has 5 nitrogen and oxygen atoms in total. The van der Waals surface area contributed by atoms with Gasteiger partial charge in [-0.1, -0.05) is 26.0 Å². The van der Waals surface area contributed by atoms with E-state index in [-0.39, 0.29) is 0 Å². The van der Waals surface area contributed by atoms with Gasteiger partial charge < -0.3 is 20.3 Å². The number of aliphatic imine (C=N–C) groups is 1. The van der Waals surface area contributed by atoms with Crippen molar-refractivity contribution in [1.82, 2.24) is 15.5 Å². The maximum atomic E-state index is 5.18. The van der Waals surface area contributed by atoms with Crippen LogP contribution in [0.3, 0.4) is 0 Å². The van der Waals surface area contributed by atoms with Crippen molar-refractivity contribution < 1.29 is 4.74 Å². The van der Waals surface area contributed by atoms with Crippen LogP contribution < -0.4 is 15.4 Å². The summed E-state index contributed by atoms with van der Waals surface area (Å²) in [4.78, 5) is 7.02. The number of guanidine groups is 1. The third kappa shape index (κ3) is 7.88. The highest BCUT2D eigenvalue weighted by Crippen LogP contribution is 2.11. The Balaban J connectivity index is 2.39. The zero-order valence-corrected chi connectivity index (χ0v) is 15.1. The van der Waals surface area contributed by atoms with E-state index in [2.05, 4.69) is 53.4 Å².